The Morgan fingerprint density at radius 3 is 2.79 bits per heavy atom. The summed E-state index contributed by atoms with van der Waals surface area (Å²) >= 11 is 11.9. The average molecular weight is 301 g/mol. The second kappa shape index (κ2) is 5.16. The van der Waals surface area contributed by atoms with E-state index in [4.69, 9.17) is 29.0 Å². The highest BCUT2D eigenvalue weighted by atomic mass is 35.5. The number of benzene rings is 1. The lowest BCUT2D eigenvalue weighted by atomic mass is 10.2. The maximum Gasteiger partial charge on any atom is 0.261 e. The highest BCUT2D eigenvalue weighted by Crippen LogP contribution is 2.24. The molecule has 0 aliphatic carbocycles. The molecule has 1 amide bonds. The fourth-order valence-corrected chi connectivity index (χ4v) is 2.27. The number of aromatic nitrogens is 2. The van der Waals surface area contributed by atoms with Gasteiger partial charge in [0.2, 0.25) is 0 Å². The molecule has 0 saturated heterocycles. The number of fused-ring (bicyclic) bond motifs is 1. The van der Waals surface area contributed by atoms with E-state index in [-0.39, 0.29) is 17.0 Å². The molecule has 0 radical (unpaired) electrons. The predicted molar refractivity (Wildman–Crippen MR) is 73.1 cm³/mol. The largest absolute Gasteiger partial charge is 0.293 e. The monoisotopic (exact) mass is 300 g/mol. The summed E-state index contributed by atoms with van der Waals surface area (Å²) in [6, 6.07) is 2.97. The van der Waals surface area contributed by atoms with Crippen LogP contribution in [0.15, 0.2) is 16.9 Å². The summed E-state index contributed by atoms with van der Waals surface area (Å²) in [6.45, 7) is 1.39. The van der Waals surface area contributed by atoms with Crippen molar-refractivity contribution in [3.05, 3.63) is 38.4 Å². The molecule has 0 aliphatic heterocycles. The predicted octanol–water partition coefficient (Wildman–Crippen LogP) is 1.00. The zero-order chi connectivity index (χ0) is 14.2. The van der Waals surface area contributed by atoms with Crippen molar-refractivity contribution in [1.29, 1.82) is 0 Å². The average Bonchev–Trinajstić information content (AvgIpc) is 2.36. The van der Waals surface area contributed by atoms with E-state index < -0.39 is 11.5 Å². The number of nitrogens with zero attached hydrogens (tertiary/aromatic N) is 2. The number of nitrogens with two attached hydrogens (primary N) is 1. The van der Waals surface area contributed by atoms with Crippen molar-refractivity contribution < 1.29 is 4.79 Å². The van der Waals surface area contributed by atoms with E-state index in [9.17, 15) is 9.59 Å². The molecule has 2 rings (SSSR count). The molecule has 100 valence electrons. The fourth-order valence-electron chi connectivity index (χ4n) is 1.73. The van der Waals surface area contributed by atoms with Crippen LogP contribution in [0.4, 0.5) is 0 Å². The maximum absolute atomic E-state index is 12.3. The summed E-state index contributed by atoms with van der Waals surface area (Å²) < 4.78 is 1.21. The standard InChI is InChI=1S/C11H10Cl2N4O2/c1-5-15-10-7(2-6(12)3-8(10)13)11(19)17(5)4-9(18)16-14/h2-3H,4,14H2,1H3,(H,16,18). The second-order valence-corrected chi connectivity index (χ2v) is 4.75. The van der Waals surface area contributed by atoms with Crippen LogP contribution in [-0.2, 0) is 11.3 Å². The van der Waals surface area contributed by atoms with Gasteiger partial charge in [-0.1, -0.05) is 23.2 Å². The van der Waals surface area contributed by atoms with Crippen molar-refractivity contribution in [2.75, 3.05) is 0 Å². The minimum atomic E-state index is -0.500. The van der Waals surface area contributed by atoms with Crippen molar-refractivity contribution >= 4 is 40.0 Å². The van der Waals surface area contributed by atoms with Crippen LogP contribution >= 0.6 is 23.2 Å². The zero-order valence-corrected chi connectivity index (χ0v) is 11.4. The molecular formula is C11H10Cl2N4O2. The molecular weight excluding hydrogens is 291 g/mol. The van der Waals surface area contributed by atoms with Crippen LogP contribution in [-0.4, -0.2) is 15.5 Å². The van der Waals surface area contributed by atoms with Crippen LogP contribution in [0.25, 0.3) is 10.9 Å². The summed E-state index contributed by atoms with van der Waals surface area (Å²) in [5, 5.41) is 0.876. The van der Waals surface area contributed by atoms with Crippen molar-refractivity contribution in [3.8, 4) is 0 Å². The number of carbonyl (C=O) groups is 1. The van der Waals surface area contributed by atoms with Crippen LogP contribution in [0, 0.1) is 6.92 Å². The number of hydrazine groups is 1. The van der Waals surface area contributed by atoms with E-state index in [1.807, 2.05) is 5.43 Å². The zero-order valence-electron chi connectivity index (χ0n) is 9.91. The quantitative estimate of drug-likeness (QED) is 0.492. The van der Waals surface area contributed by atoms with Gasteiger partial charge in [-0.25, -0.2) is 10.8 Å². The van der Waals surface area contributed by atoms with Gasteiger partial charge in [-0.05, 0) is 19.1 Å². The summed E-state index contributed by atoms with van der Waals surface area (Å²) in [6.07, 6.45) is 0. The Morgan fingerprint density at radius 1 is 1.47 bits per heavy atom. The maximum atomic E-state index is 12.3. The summed E-state index contributed by atoms with van der Waals surface area (Å²) in [7, 11) is 0. The van der Waals surface area contributed by atoms with Gasteiger partial charge in [-0.15, -0.1) is 0 Å². The third kappa shape index (κ3) is 2.56. The number of carbonyl (C=O) groups excluding carboxylic acids is 1. The van der Waals surface area contributed by atoms with Gasteiger partial charge in [0, 0.05) is 5.02 Å². The number of aryl methyl sites for hydroxylation is 1. The molecule has 19 heavy (non-hydrogen) atoms. The first-order valence-corrected chi connectivity index (χ1v) is 6.05. The van der Waals surface area contributed by atoms with Gasteiger partial charge in [0.1, 0.15) is 12.4 Å². The van der Waals surface area contributed by atoms with E-state index in [2.05, 4.69) is 4.98 Å². The fraction of sp³-hybridized carbons (Fsp3) is 0.182. The van der Waals surface area contributed by atoms with Gasteiger partial charge in [0.15, 0.2) is 0 Å². The lowest BCUT2D eigenvalue weighted by Gasteiger charge is -2.10. The van der Waals surface area contributed by atoms with Crippen molar-refractivity contribution in [1.82, 2.24) is 15.0 Å². The molecule has 0 atom stereocenters. The highest BCUT2D eigenvalue weighted by Gasteiger charge is 2.13. The molecule has 1 aromatic heterocycles. The molecule has 3 N–H and O–H groups in total. The van der Waals surface area contributed by atoms with Gasteiger partial charge >= 0.3 is 0 Å². The van der Waals surface area contributed by atoms with Crippen LogP contribution in [0.3, 0.4) is 0 Å². The van der Waals surface area contributed by atoms with Crippen LogP contribution in [0.5, 0.6) is 0 Å². The Morgan fingerprint density at radius 2 is 2.16 bits per heavy atom. The molecule has 0 aliphatic rings. The van der Waals surface area contributed by atoms with Gasteiger partial charge in [-0.3, -0.25) is 19.6 Å². The minimum Gasteiger partial charge on any atom is -0.293 e. The first-order chi connectivity index (χ1) is 8.93. The molecule has 0 unspecified atom stereocenters. The molecule has 2 aromatic rings. The topological polar surface area (TPSA) is 90.0 Å². The normalized spacial score (nSPS) is 10.7. The Hall–Kier alpha value is -1.63. The van der Waals surface area contributed by atoms with Gasteiger partial charge < -0.3 is 0 Å². The Bertz CT molecular complexity index is 727. The van der Waals surface area contributed by atoms with Crippen LogP contribution in [0.2, 0.25) is 10.0 Å². The lowest BCUT2D eigenvalue weighted by molar-refractivity contribution is -0.121. The summed E-state index contributed by atoms with van der Waals surface area (Å²) in [4.78, 5) is 27.8. The Balaban J connectivity index is 2.74. The van der Waals surface area contributed by atoms with E-state index in [0.29, 0.717) is 16.4 Å². The number of amides is 1. The highest BCUT2D eigenvalue weighted by molar-refractivity contribution is 6.38. The van der Waals surface area contributed by atoms with E-state index in [0.717, 1.165) is 0 Å². The molecule has 1 heterocycles. The van der Waals surface area contributed by atoms with Crippen LogP contribution in [0.1, 0.15) is 5.82 Å². The van der Waals surface area contributed by atoms with Gasteiger partial charge in [0.05, 0.1) is 15.9 Å². The van der Waals surface area contributed by atoms with E-state index in [1.165, 1.54) is 16.7 Å². The number of nitrogens with one attached hydrogen (secondary N) is 1. The molecule has 0 fully saturated rings. The molecule has 1 aromatic carbocycles. The third-order valence-corrected chi connectivity index (χ3v) is 3.14. The number of hydrogen-bond donors (Lipinski definition) is 2. The Kier molecular flexibility index (Phi) is 3.75. The number of hydrogen-bond acceptors (Lipinski definition) is 4. The van der Waals surface area contributed by atoms with Crippen molar-refractivity contribution in [3.63, 3.8) is 0 Å². The first-order valence-electron chi connectivity index (χ1n) is 5.29. The van der Waals surface area contributed by atoms with Crippen molar-refractivity contribution in [2.45, 2.75) is 13.5 Å². The Labute approximate surface area is 118 Å². The number of halogens is 2. The minimum absolute atomic E-state index is 0.214. The summed E-state index contributed by atoms with van der Waals surface area (Å²) in [5.74, 6) is 4.87. The third-order valence-electron chi connectivity index (χ3n) is 2.63. The SMILES string of the molecule is Cc1nc2c(Cl)cc(Cl)cc2c(=O)n1CC(=O)NN. The molecule has 0 bridgehead atoms. The molecule has 6 nitrogen and oxygen atoms in total. The van der Waals surface area contributed by atoms with Crippen LogP contribution < -0.4 is 16.8 Å². The smallest absolute Gasteiger partial charge is 0.261 e. The second-order valence-electron chi connectivity index (χ2n) is 3.90. The van der Waals surface area contributed by atoms with Gasteiger partial charge in [0.25, 0.3) is 11.5 Å². The molecule has 0 saturated carbocycles. The number of rotatable bonds is 2. The molecule has 0 spiro atoms. The van der Waals surface area contributed by atoms with E-state index in [1.54, 1.807) is 6.92 Å². The summed E-state index contributed by atoms with van der Waals surface area (Å²) in [5.41, 5.74) is 1.93. The first kappa shape index (κ1) is 13.8. The van der Waals surface area contributed by atoms with Crippen molar-refractivity contribution in [2.24, 2.45) is 5.84 Å². The molecule has 8 heteroatoms. The lowest BCUT2D eigenvalue weighted by Crippen LogP contribution is -2.37. The van der Waals surface area contributed by atoms with Gasteiger partial charge in [-0.2, -0.15) is 0 Å². The van der Waals surface area contributed by atoms with E-state index >= 15 is 0 Å².